The monoisotopic (exact) mass is 481 g/mol. The van der Waals surface area contributed by atoms with Gasteiger partial charge in [-0.05, 0) is 48.5 Å². The smallest absolute Gasteiger partial charge is 0.287 e. The summed E-state index contributed by atoms with van der Waals surface area (Å²) in [5.74, 6) is -0.891. The molecule has 2 amide bonds. The molecule has 3 aromatic carbocycles. The Morgan fingerprint density at radius 1 is 1.00 bits per heavy atom. The summed E-state index contributed by atoms with van der Waals surface area (Å²) >= 11 is 5.98. The third-order valence-electron chi connectivity index (χ3n) is 4.62. The fourth-order valence-electron chi connectivity index (χ4n) is 2.90. The first-order valence-corrected chi connectivity index (χ1v) is 10.4. The van der Waals surface area contributed by atoms with Crippen LogP contribution in [-0.2, 0) is 4.79 Å². The first kappa shape index (κ1) is 24.5. The number of amides is 2. The number of methoxy groups -OCH3 is 2. The molecule has 0 aliphatic rings. The number of carbonyl (C=O) groups is 2. The number of hydrogen-bond donors (Lipinski definition) is 2. The largest absolute Gasteiger partial charge is 0.497 e. The Morgan fingerprint density at radius 3 is 2.44 bits per heavy atom. The lowest BCUT2D eigenvalue weighted by molar-refractivity contribution is -0.117. The van der Waals surface area contributed by atoms with Crippen molar-refractivity contribution in [3.05, 3.63) is 100.0 Å². The number of carbonyl (C=O) groups excluding carboxylic acids is 2. The van der Waals surface area contributed by atoms with Crippen LogP contribution in [0.3, 0.4) is 0 Å². The predicted octanol–water partition coefficient (Wildman–Crippen LogP) is 4.42. The summed E-state index contributed by atoms with van der Waals surface area (Å²) in [5, 5.41) is 6.50. The quantitative estimate of drug-likeness (QED) is 0.283. The Hall–Kier alpha value is -4.17. The summed E-state index contributed by atoms with van der Waals surface area (Å²) < 4.78 is 24.5. The van der Waals surface area contributed by atoms with Gasteiger partial charge in [0.05, 0.1) is 25.5 Å². The Balaban J connectivity index is 1.93. The topological polar surface area (TPSA) is 89.0 Å². The van der Waals surface area contributed by atoms with Gasteiger partial charge in [-0.15, -0.1) is 0 Å². The van der Waals surface area contributed by atoms with Crippen LogP contribution < -0.4 is 20.2 Å². The van der Waals surface area contributed by atoms with Crippen LogP contribution in [0.1, 0.15) is 21.5 Å². The highest BCUT2D eigenvalue weighted by Gasteiger charge is 2.16. The lowest BCUT2D eigenvalue weighted by Crippen LogP contribution is -2.32. The van der Waals surface area contributed by atoms with E-state index in [9.17, 15) is 14.0 Å². The van der Waals surface area contributed by atoms with Crippen LogP contribution in [-0.4, -0.2) is 32.2 Å². The molecule has 0 atom stereocenters. The van der Waals surface area contributed by atoms with Gasteiger partial charge in [-0.25, -0.2) is 9.82 Å². The molecule has 3 rings (SSSR count). The van der Waals surface area contributed by atoms with Gasteiger partial charge in [0.2, 0.25) is 0 Å². The van der Waals surface area contributed by atoms with Gasteiger partial charge in [0, 0.05) is 16.7 Å². The molecule has 0 heterocycles. The van der Waals surface area contributed by atoms with Gasteiger partial charge >= 0.3 is 0 Å². The van der Waals surface area contributed by atoms with Crippen LogP contribution in [0.15, 0.2) is 77.5 Å². The van der Waals surface area contributed by atoms with Crippen LogP contribution in [0.25, 0.3) is 6.08 Å². The van der Waals surface area contributed by atoms with Gasteiger partial charge in [0.25, 0.3) is 11.8 Å². The highest BCUT2D eigenvalue weighted by molar-refractivity contribution is 6.33. The highest BCUT2D eigenvalue weighted by atomic mass is 35.5. The van der Waals surface area contributed by atoms with Crippen molar-refractivity contribution in [3.8, 4) is 11.5 Å². The minimum atomic E-state index is -0.752. The zero-order chi connectivity index (χ0) is 24.5. The fourth-order valence-corrected chi connectivity index (χ4v) is 3.11. The average molecular weight is 482 g/mol. The molecule has 0 saturated carbocycles. The lowest BCUT2D eigenvalue weighted by Gasteiger charge is -2.12. The van der Waals surface area contributed by atoms with Crippen LogP contribution >= 0.6 is 11.6 Å². The van der Waals surface area contributed by atoms with E-state index in [4.69, 9.17) is 21.1 Å². The normalized spacial score (nSPS) is 11.2. The van der Waals surface area contributed by atoms with E-state index in [0.29, 0.717) is 22.6 Å². The zero-order valence-electron chi connectivity index (χ0n) is 18.3. The SMILES string of the molecule is COc1ccc(OC)c(C=C(NC(=O)c2ccccc2)C(=O)NN=Cc2c(F)cccc2Cl)c1. The van der Waals surface area contributed by atoms with Crippen molar-refractivity contribution in [3.63, 3.8) is 0 Å². The van der Waals surface area contributed by atoms with Crippen LogP contribution in [0, 0.1) is 5.82 Å². The molecule has 0 unspecified atom stereocenters. The van der Waals surface area contributed by atoms with E-state index in [1.165, 1.54) is 38.5 Å². The van der Waals surface area contributed by atoms with Crippen molar-refractivity contribution in [2.75, 3.05) is 14.2 Å². The minimum absolute atomic E-state index is 0.0118. The predicted molar refractivity (Wildman–Crippen MR) is 129 cm³/mol. The average Bonchev–Trinajstić information content (AvgIpc) is 2.85. The molecule has 34 heavy (non-hydrogen) atoms. The molecule has 0 saturated heterocycles. The Labute approximate surface area is 200 Å². The van der Waals surface area contributed by atoms with E-state index in [1.54, 1.807) is 48.5 Å². The summed E-state index contributed by atoms with van der Waals surface area (Å²) in [6, 6.07) is 17.5. The third-order valence-corrected chi connectivity index (χ3v) is 4.95. The van der Waals surface area contributed by atoms with Crippen molar-refractivity contribution in [2.45, 2.75) is 0 Å². The molecule has 7 nitrogen and oxygen atoms in total. The van der Waals surface area contributed by atoms with Gasteiger partial charge in [0.15, 0.2) is 0 Å². The summed E-state index contributed by atoms with van der Waals surface area (Å²) in [6.07, 6.45) is 2.50. The van der Waals surface area contributed by atoms with Crippen LogP contribution in [0.4, 0.5) is 4.39 Å². The Morgan fingerprint density at radius 2 is 1.76 bits per heavy atom. The fraction of sp³-hybridized carbons (Fsp3) is 0.0800. The maximum absolute atomic E-state index is 14.0. The Kier molecular flexibility index (Phi) is 8.37. The number of ether oxygens (including phenoxy) is 2. The van der Waals surface area contributed by atoms with Gasteiger partial charge in [-0.2, -0.15) is 5.10 Å². The van der Waals surface area contributed by atoms with E-state index in [0.717, 1.165) is 6.21 Å². The summed E-state index contributed by atoms with van der Waals surface area (Å²) in [5.41, 5.74) is 2.98. The third kappa shape index (κ3) is 6.20. The van der Waals surface area contributed by atoms with Gasteiger partial charge in [-0.3, -0.25) is 9.59 Å². The van der Waals surface area contributed by atoms with Crippen LogP contribution in [0.2, 0.25) is 5.02 Å². The van der Waals surface area contributed by atoms with Gasteiger partial charge < -0.3 is 14.8 Å². The number of nitrogens with one attached hydrogen (secondary N) is 2. The standard InChI is InChI=1S/C25H21ClFN3O4/c1-33-18-11-12-23(34-2)17(13-18)14-22(29-24(31)16-7-4-3-5-8-16)25(32)30-28-15-19-20(26)9-6-10-21(19)27/h3-15H,1-2H3,(H,29,31)(H,30,32). The summed E-state index contributed by atoms with van der Waals surface area (Å²) in [4.78, 5) is 25.6. The van der Waals surface area contributed by atoms with Crippen molar-refractivity contribution < 1.29 is 23.5 Å². The zero-order valence-corrected chi connectivity index (χ0v) is 19.1. The Bertz CT molecular complexity index is 1230. The first-order chi connectivity index (χ1) is 16.4. The lowest BCUT2D eigenvalue weighted by atomic mass is 10.1. The molecule has 174 valence electrons. The molecule has 2 N–H and O–H groups in total. The molecular weight excluding hydrogens is 461 g/mol. The number of halogens is 2. The van der Waals surface area contributed by atoms with E-state index < -0.39 is 17.6 Å². The molecule has 0 aromatic heterocycles. The van der Waals surface area contributed by atoms with E-state index in [1.807, 2.05) is 0 Å². The molecule has 0 fully saturated rings. The molecule has 0 aliphatic carbocycles. The number of rotatable bonds is 8. The maximum Gasteiger partial charge on any atom is 0.287 e. The summed E-state index contributed by atoms with van der Waals surface area (Å²) in [7, 11) is 2.98. The highest BCUT2D eigenvalue weighted by Crippen LogP contribution is 2.26. The number of hydrogen-bond acceptors (Lipinski definition) is 5. The summed E-state index contributed by atoms with van der Waals surface area (Å²) in [6.45, 7) is 0. The number of hydrazone groups is 1. The first-order valence-electron chi connectivity index (χ1n) is 10.0. The second kappa shape index (κ2) is 11.6. The van der Waals surface area contributed by atoms with E-state index >= 15 is 0 Å². The molecule has 0 radical (unpaired) electrons. The van der Waals surface area contributed by atoms with Crippen molar-refractivity contribution in [2.24, 2.45) is 5.10 Å². The van der Waals surface area contributed by atoms with Gasteiger partial charge in [0.1, 0.15) is 23.0 Å². The minimum Gasteiger partial charge on any atom is -0.497 e. The molecule has 0 bridgehead atoms. The maximum atomic E-state index is 14.0. The molecule has 0 spiro atoms. The second-order valence-electron chi connectivity index (χ2n) is 6.82. The number of nitrogens with zero attached hydrogens (tertiary/aromatic N) is 1. The molecular formula is C25H21ClFN3O4. The van der Waals surface area contributed by atoms with Gasteiger partial charge in [-0.1, -0.05) is 35.9 Å². The molecule has 9 heteroatoms. The number of benzene rings is 3. The van der Waals surface area contributed by atoms with E-state index in [-0.39, 0.29) is 16.3 Å². The van der Waals surface area contributed by atoms with Crippen molar-refractivity contribution in [1.82, 2.24) is 10.7 Å². The van der Waals surface area contributed by atoms with Crippen molar-refractivity contribution in [1.29, 1.82) is 0 Å². The molecule has 3 aromatic rings. The van der Waals surface area contributed by atoms with Crippen molar-refractivity contribution >= 4 is 35.7 Å². The second-order valence-corrected chi connectivity index (χ2v) is 7.23. The molecule has 0 aliphatic heterocycles. The van der Waals surface area contributed by atoms with Crippen LogP contribution in [0.5, 0.6) is 11.5 Å². The van der Waals surface area contributed by atoms with E-state index in [2.05, 4.69) is 15.8 Å².